The van der Waals surface area contributed by atoms with E-state index in [1.807, 2.05) is 11.6 Å². The number of nitrogens with zero attached hydrogens (tertiary/aromatic N) is 2. The van der Waals surface area contributed by atoms with Crippen molar-refractivity contribution in [3.05, 3.63) is 16.6 Å². The van der Waals surface area contributed by atoms with Gasteiger partial charge in [0.2, 0.25) is 5.91 Å². The number of piperidine rings is 1. The van der Waals surface area contributed by atoms with Gasteiger partial charge in [-0.3, -0.25) is 9.69 Å². The van der Waals surface area contributed by atoms with Crippen molar-refractivity contribution in [3.63, 3.8) is 0 Å². The van der Waals surface area contributed by atoms with Crippen LogP contribution in [0, 0.1) is 5.92 Å². The van der Waals surface area contributed by atoms with E-state index < -0.39 is 0 Å². The van der Waals surface area contributed by atoms with E-state index in [0.717, 1.165) is 37.5 Å². The molecule has 1 amide bonds. The van der Waals surface area contributed by atoms with Crippen LogP contribution in [0.25, 0.3) is 0 Å². The molecule has 2 rings (SSSR count). The van der Waals surface area contributed by atoms with Gasteiger partial charge in [0, 0.05) is 31.2 Å². The van der Waals surface area contributed by atoms with Gasteiger partial charge in [0.25, 0.3) is 0 Å². The lowest BCUT2D eigenvalue weighted by Gasteiger charge is -2.31. The summed E-state index contributed by atoms with van der Waals surface area (Å²) in [6, 6.07) is 0. The molecule has 0 bridgehead atoms. The fraction of sp³-hybridized carbons (Fsp3) is 0.667. The van der Waals surface area contributed by atoms with Crippen molar-refractivity contribution >= 4 is 17.2 Å². The van der Waals surface area contributed by atoms with E-state index in [2.05, 4.69) is 15.2 Å². The highest BCUT2D eigenvalue weighted by Gasteiger charge is 2.25. The maximum atomic E-state index is 11.9. The van der Waals surface area contributed by atoms with Crippen molar-refractivity contribution in [2.45, 2.75) is 19.4 Å². The molecule has 6 heteroatoms. The SMILES string of the molecule is NCCNC(=O)C1CCCN(Cc2nccs2)C1. The van der Waals surface area contributed by atoms with Crippen LogP contribution in [-0.4, -0.2) is 42.0 Å². The second-order valence-electron chi connectivity index (χ2n) is 4.58. The molecule has 1 aliphatic heterocycles. The molecule has 1 aromatic heterocycles. The summed E-state index contributed by atoms with van der Waals surface area (Å²) in [5.41, 5.74) is 5.39. The van der Waals surface area contributed by atoms with Crippen molar-refractivity contribution in [2.75, 3.05) is 26.2 Å². The highest BCUT2D eigenvalue weighted by molar-refractivity contribution is 7.09. The van der Waals surface area contributed by atoms with E-state index in [9.17, 15) is 4.79 Å². The maximum Gasteiger partial charge on any atom is 0.224 e. The fourth-order valence-corrected chi connectivity index (χ4v) is 2.93. The highest BCUT2D eigenvalue weighted by Crippen LogP contribution is 2.19. The Hall–Kier alpha value is -0.980. The van der Waals surface area contributed by atoms with Crippen LogP contribution in [0.2, 0.25) is 0 Å². The summed E-state index contributed by atoms with van der Waals surface area (Å²) in [6.07, 6.45) is 3.88. The van der Waals surface area contributed by atoms with Crippen molar-refractivity contribution in [3.8, 4) is 0 Å². The van der Waals surface area contributed by atoms with Crippen LogP contribution in [0.3, 0.4) is 0 Å². The number of nitrogens with one attached hydrogen (secondary N) is 1. The Morgan fingerprint density at radius 3 is 3.28 bits per heavy atom. The van der Waals surface area contributed by atoms with Gasteiger partial charge in [-0.15, -0.1) is 11.3 Å². The average Bonchev–Trinajstić information content (AvgIpc) is 2.89. The summed E-state index contributed by atoms with van der Waals surface area (Å²) in [4.78, 5) is 18.5. The number of likely N-dealkylation sites (tertiary alicyclic amines) is 1. The summed E-state index contributed by atoms with van der Waals surface area (Å²) >= 11 is 1.67. The Morgan fingerprint density at radius 2 is 2.56 bits per heavy atom. The third-order valence-corrected chi connectivity index (χ3v) is 3.93. The summed E-state index contributed by atoms with van der Waals surface area (Å²) in [5.74, 6) is 0.245. The zero-order valence-corrected chi connectivity index (χ0v) is 11.3. The van der Waals surface area contributed by atoms with Gasteiger partial charge in [-0.1, -0.05) is 0 Å². The quantitative estimate of drug-likeness (QED) is 0.812. The lowest BCUT2D eigenvalue weighted by atomic mass is 9.97. The van der Waals surface area contributed by atoms with Gasteiger partial charge >= 0.3 is 0 Å². The molecule has 1 fully saturated rings. The Morgan fingerprint density at radius 1 is 1.67 bits per heavy atom. The number of amides is 1. The van der Waals surface area contributed by atoms with Crippen LogP contribution in [0.5, 0.6) is 0 Å². The number of hydrogen-bond donors (Lipinski definition) is 2. The van der Waals surface area contributed by atoms with Crippen LogP contribution in [0.4, 0.5) is 0 Å². The third-order valence-electron chi connectivity index (χ3n) is 3.16. The van der Waals surface area contributed by atoms with Gasteiger partial charge < -0.3 is 11.1 Å². The molecule has 100 valence electrons. The molecule has 18 heavy (non-hydrogen) atoms. The minimum Gasteiger partial charge on any atom is -0.355 e. The third kappa shape index (κ3) is 3.76. The van der Waals surface area contributed by atoms with E-state index in [-0.39, 0.29) is 11.8 Å². The normalized spacial score (nSPS) is 20.8. The molecular weight excluding hydrogens is 248 g/mol. The van der Waals surface area contributed by atoms with E-state index in [1.54, 1.807) is 11.3 Å². The first kappa shape index (κ1) is 13.5. The van der Waals surface area contributed by atoms with Crippen LogP contribution in [0.1, 0.15) is 17.8 Å². The van der Waals surface area contributed by atoms with Gasteiger partial charge in [-0.25, -0.2) is 4.98 Å². The molecular formula is C12H20N4OS. The van der Waals surface area contributed by atoms with Crippen molar-refractivity contribution in [2.24, 2.45) is 11.7 Å². The molecule has 2 heterocycles. The predicted octanol–water partition coefficient (Wildman–Crippen LogP) is 0.430. The Bertz CT molecular complexity index is 368. The van der Waals surface area contributed by atoms with Crippen LogP contribution in [0.15, 0.2) is 11.6 Å². The summed E-state index contributed by atoms with van der Waals surface area (Å²) in [5, 5.41) is 5.99. The average molecular weight is 268 g/mol. The van der Waals surface area contributed by atoms with E-state index in [4.69, 9.17) is 5.73 Å². The minimum absolute atomic E-state index is 0.102. The monoisotopic (exact) mass is 268 g/mol. The van der Waals surface area contributed by atoms with Gasteiger partial charge in [0.1, 0.15) is 5.01 Å². The van der Waals surface area contributed by atoms with Crippen LogP contribution in [-0.2, 0) is 11.3 Å². The van der Waals surface area contributed by atoms with Gasteiger partial charge in [0.05, 0.1) is 12.5 Å². The largest absolute Gasteiger partial charge is 0.355 e. The lowest BCUT2D eigenvalue weighted by molar-refractivity contribution is -0.126. The zero-order chi connectivity index (χ0) is 12.8. The first-order chi connectivity index (χ1) is 8.79. The number of nitrogens with two attached hydrogens (primary N) is 1. The topological polar surface area (TPSA) is 71.2 Å². The molecule has 0 aliphatic carbocycles. The van der Waals surface area contributed by atoms with Crippen LogP contribution >= 0.6 is 11.3 Å². The number of carbonyl (C=O) groups is 1. The fourth-order valence-electron chi connectivity index (χ4n) is 2.28. The summed E-state index contributed by atoms with van der Waals surface area (Å²) in [7, 11) is 0. The number of aromatic nitrogens is 1. The van der Waals surface area contributed by atoms with Crippen molar-refractivity contribution < 1.29 is 4.79 Å². The van der Waals surface area contributed by atoms with E-state index >= 15 is 0 Å². The van der Waals surface area contributed by atoms with Gasteiger partial charge in [-0.2, -0.15) is 0 Å². The molecule has 1 atom stereocenters. The summed E-state index contributed by atoms with van der Waals surface area (Å²) in [6.45, 7) is 3.82. The molecule has 5 nitrogen and oxygen atoms in total. The lowest BCUT2D eigenvalue weighted by Crippen LogP contribution is -2.43. The number of hydrogen-bond acceptors (Lipinski definition) is 5. The second kappa shape index (κ2) is 6.82. The van der Waals surface area contributed by atoms with E-state index in [0.29, 0.717) is 13.1 Å². The van der Waals surface area contributed by atoms with Crippen LogP contribution < -0.4 is 11.1 Å². The molecule has 0 saturated carbocycles. The zero-order valence-electron chi connectivity index (χ0n) is 10.5. The number of rotatable bonds is 5. The Labute approximate surface area is 111 Å². The highest BCUT2D eigenvalue weighted by atomic mass is 32.1. The standard InChI is InChI=1S/C12H20N4OS/c13-3-4-15-12(17)10-2-1-6-16(8-10)9-11-14-5-7-18-11/h5,7,10H,1-4,6,8-9,13H2,(H,15,17). The minimum atomic E-state index is 0.102. The maximum absolute atomic E-state index is 11.9. The first-order valence-corrected chi connectivity index (χ1v) is 7.26. The molecule has 0 aromatic carbocycles. The Balaban J connectivity index is 1.82. The van der Waals surface area contributed by atoms with Crippen molar-refractivity contribution in [1.82, 2.24) is 15.2 Å². The molecule has 0 spiro atoms. The molecule has 0 radical (unpaired) electrons. The molecule has 1 aliphatic rings. The van der Waals surface area contributed by atoms with Crippen molar-refractivity contribution in [1.29, 1.82) is 0 Å². The summed E-state index contributed by atoms with van der Waals surface area (Å²) < 4.78 is 0. The predicted molar refractivity (Wildman–Crippen MR) is 72.2 cm³/mol. The van der Waals surface area contributed by atoms with E-state index in [1.165, 1.54) is 0 Å². The second-order valence-corrected chi connectivity index (χ2v) is 5.56. The molecule has 1 saturated heterocycles. The Kier molecular flexibility index (Phi) is 5.10. The molecule has 1 aromatic rings. The van der Waals surface area contributed by atoms with Gasteiger partial charge in [0.15, 0.2) is 0 Å². The first-order valence-electron chi connectivity index (χ1n) is 6.38. The van der Waals surface area contributed by atoms with Gasteiger partial charge in [-0.05, 0) is 19.4 Å². The smallest absolute Gasteiger partial charge is 0.224 e. The number of carbonyl (C=O) groups excluding carboxylic acids is 1. The number of thiazole rings is 1. The molecule has 3 N–H and O–H groups in total. The molecule has 1 unspecified atom stereocenters.